The lowest BCUT2D eigenvalue weighted by Crippen LogP contribution is -2.28. The lowest BCUT2D eigenvalue weighted by Gasteiger charge is -2.17. The number of nitrogens with zero attached hydrogens (tertiary/aromatic N) is 3. The van der Waals surface area contributed by atoms with Gasteiger partial charge in [0, 0.05) is 40.8 Å². The molecule has 0 spiro atoms. The van der Waals surface area contributed by atoms with Crippen LogP contribution in [0.2, 0.25) is 0 Å². The molecule has 0 saturated heterocycles. The molecule has 9 aromatic rings. The molecule has 0 radical (unpaired) electrons. The van der Waals surface area contributed by atoms with E-state index >= 15 is 0 Å². The van der Waals surface area contributed by atoms with Crippen LogP contribution < -0.4 is 4.18 Å². The molecule has 6 nitrogen and oxygen atoms in total. The normalized spacial score (nSPS) is 11.6. The van der Waals surface area contributed by atoms with Crippen LogP contribution in [-0.4, -0.2) is 28.9 Å². The Morgan fingerprint density at radius 1 is 0.379 bits per heavy atom. The number of hydrogen-bond acceptors (Lipinski definition) is 6. The third kappa shape index (κ3) is 10.1. The highest BCUT2D eigenvalue weighted by molar-refractivity contribution is 7.88. The zero-order valence-electron chi connectivity index (χ0n) is 35.6. The maximum absolute atomic E-state index is 13.2. The Morgan fingerprint density at radius 3 is 1.39 bits per heavy atom. The van der Waals surface area contributed by atoms with Crippen LogP contribution in [0, 0.1) is 0 Å². The van der Waals surface area contributed by atoms with E-state index in [0.29, 0.717) is 11.3 Å². The van der Waals surface area contributed by atoms with E-state index in [2.05, 4.69) is 83.0 Å². The highest BCUT2D eigenvalue weighted by atomic mass is 32.2. The van der Waals surface area contributed by atoms with Crippen LogP contribution in [0.3, 0.4) is 0 Å². The summed E-state index contributed by atoms with van der Waals surface area (Å²) in [5.74, 6) is -0.473. The van der Waals surface area contributed by atoms with Crippen molar-refractivity contribution in [3.63, 3.8) is 0 Å². The first-order chi connectivity index (χ1) is 32.1. The molecule has 0 unspecified atom stereocenters. The van der Waals surface area contributed by atoms with Crippen LogP contribution in [0.15, 0.2) is 207 Å². The van der Waals surface area contributed by atoms with Crippen LogP contribution in [0.4, 0.5) is 13.2 Å². The summed E-state index contributed by atoms with van der Waals surface area (Å²) in [7, 11) is -5.87. The van der Waals surface area contributed by atoms with Gasteiger partial charge in [-0.05, 0) is 106 Å². The van der Waals surface area contributed by atoms with E-state index in [1.807, 2.05) is 97.3 Å². The zero-order chi connectivity index (χ0) is 45.5. The number of aryl methyl sites for hydroxylation is 4. The quantitative estimate of drug-likeness (QED) is 0.0799. The smallest absolute Gasteiger partial charge is 0.376 e. The van der Waals surface area contributed by atoms with Gasteiger partial charge in [0.25, 0.3) is 0 Å². The van der Waals surface area contributed by atoms with Gasteiger partial charge < -0.3 is 4.18 Å². The van der Waals surface area contributed by atoms with Crippen LogP contribution in [0.25, 0.3) is 67.2 Å². The number of hydrogen-bond donors (Lipinski definition) is 0. The molecule has 0 atom stereocenters. The fraction of sp³-hybridized carbons (Fsp3) is 0.0893. The number of benzene rings is 6. The standard InChI is InChI=1S/C56H42F3N3O3S/c57-56(58,59)66(63,64)65-48-20-12-19-46(34-48)55-35-51(43-13-4-1-5-14-43)52(38-62-55)50-22-11-10-21-49(50)47-32-41(25-23-39-27-29-53(60-36-39)44-15-6-2-7-16-44)31-42(33-47)26-24-40-28-30-54(61-37-40)45-17-8-3-9-18-45/h1-22,27-38H,23-26H2. The third-order valence-electron chi connectivity index (χ3n) is 11.4. The highest BCUT2D eigenvalue weighted by Crippen LogP contribution is 2.40. The van der Waals surface area contributed by atoms with E-state index in [1.54, 1.807) is 12.3 Å². The summed E-state index contributed by atoms with van der Waals surface area (Å²) in [5.41, 5.74) is 9.47. The van der Waals surface area contributed by atoms with Gasteiger partial charge in [0.2, 0.25) is 0 Å². The van der Waals surface area contributed by atoms with E-state index in [4.69, 9.17) is 15.0 Å². The first-order valence-corrected chi connectivity index (χ1v) is 22.9. The number of alkyl halides is 3. The van der Waals surface area contributed by atoms with E-state index < -0.39 is 21.4 Å². The van der Waals surface area contributed by atoms with Crippen molar-refractivity contribution < 1.29 is 25.8 Å². The van der Waals surface area contributed by atoms with Crippen molar-refractivity contribution in [2.45, 2.75) is 31.2 Å². The summed E-state index contributed by atoms with van der Waals surface area (Å²) >= 11 is 0. The Labute approximate surface area is 382 Å². The summed E-state index contributed by atoms with van der Waals surface area (Å²) < 4.78 is 67.8. The third-order valence-corrected chi connectivity index (χ3v) is 12.4. The van der Waals surface area contributed by atoms with Gasteiger partial charge in [-0.3, -0.25) is 15.0 Å². The van der Waals surface area contributed by atoms with Gasteiger partial charge in [-0.1, -0.05) is 158 Å². The summed E-state index contributed by atoms with van der Waals surface area (Å²) in [4.78, 5) is 14.4. The Bertz CT molecular complexity index is 3100. The van der Waals surface area contributed by atoms with Crippen molar-refractivity contribution in [2.24, 2.45) is 0 Å². The molecular weight excluding hydrogens is 852 g/mol. The second-order valence-corrected chi connectivity index (χ2v) is 17.4. The first kappa shape index (κ1) is 43.6. The Morgan fingerprint density at radius 2 is 0.864 bits per heavy atom. The molecule has 0 amide bonds. The maximum Gasteiger partial charge on any atom is 0.534 e. The molecule has 3 aromatic heterocycles. The van der Waals surface area contributed by atoms with Gasteiger partial charge in [0.15, 0.2) is 0 Å². The van der Waals surface area contributed by atoms with Crippen molar-refractivity contribution in [1.29, 1.82) is 0 Å². The first-order valence-electron chi connectivity index (χ1n) is 21.5. The Hall–Kier alpha value is -7.69. The Kier molecular flexibility index (Phi) is 12.7. The molecule has 326 valence electrons. The zero-order valence-corrected chi connectivity index (χ0v) is 36.4. The fourth-order valence-electron chi connectivity index (χ4n) is 8.02. The molecule has 66 heavy (non-hydrogen) atoms. The fourth-order valence-corrected chi connectivity index (χ4v) is 8.48. The molecule has 3 heterocycles. The van der Waals surface area contributed by atoms with E-state index in [1.165, 1.54) is 23.3 Å². The molecule has 9 rings (SSSR count). The summed E-state index contributed by atoms with van der Waals surface area (Å²) in [6, 6.07) is 60.9. The van der Waals surface area contributed by atoms with Gasteiger partial charge in [-0.15, -0.1) is 0 Å². The average Bonchev–Trinajstić information content (AvgIpc) is 3.35. The van der Waals surface area contributed by atoms with Gasteiger partial charge in [-0.25, -0.2) is 0 Å². The monoisotopic (exact) mass is 893 g/mol. The predicted molar refractivity (Wildman–Crippen MR) is 256 cm³/mol. The minimum Gasteiger partial charge on any atom is -0.376 e. The molecule has 10 heteroatoms. The molecule has 0 aliphatic rings. The van der Waals surface area contributed by atoms with Crippen LogP contribution in [0.1, 0.15) is 22.3 Å². The van der Waals surface area contributed by atoms with Gasteiger partial charge >= 0.3 is 15.6 Å². The molecular formula is C56H42F3N3O3S. The SMILES string of the molecule is O=S(=O)(Oc1cccc(-c2cc(-c3ccccc3)c(-c3ccccc3-c3cc(CCc4ccc(-c5ccccc5)nc4)cc(CCc4ccc(-c5ccccc5)nc4)c3)cn2)c1)C(F)(F)F. The Balaban J connectivity index is 1.07. The van der Waals surface area contributed by atoms with E-state index in [0.717, 1.165) is 98.8 Å². The second-order valence-electron chi connectivity index (χ2n) is 15.9. The van der Waals surface area contributed by atoms with Crippen LogP contribution >= 0.6 is 0 Å². The molecule has 6 aromatic carbocycles. The van der Waals surface area contributed by atoms with Crippen molar-refractivity contribution in [2.75, 3.05) is 0 Å². The maximum atomic E-state index is 13.2. The molecule has 0 N–H and O–H groups in total. The van der Waals surface area contributed by atoms with Crippen molar-refractivity contribution in [3.8, 4) is 72.9 Å². The largest absolute Gasteiger partial charge is 0.534 e. The summed E-state index contributed by atoms with van der Waals surface area (Å²) in [6.45, 7) is 0. The minimum absolute atomic E-state index is 0.383. The minimum atomic E-state index is -5.87. The summed E-state index contributed by atoms with van der Waals surface area (Å²) in [5, 5.41) is 0. The lowest BCUT2D eigenvalue weighted by atomic mass is 9.88. The topological polar surface area (TPSA) is 82.0 Å². The van der Waals surface area contributed by atoms with Crippen molar-refractivity contribution in [1.82, 2.24) is 15.0 Å². The number of halogens is 3. The second kappa shape index (κ2) is 19.2. The molecule has 0 aliphatic heterocycles. The van der Waals surface area contributed by atoms with Crippen LogP contribution in [0.5, 0.6) is 5.75 Å². The number of rotatable bonds is 14. The van der Waals surface area contributed by atoms with Crippen molar-refractivity contribution in [3.05, 3.63) is 229 Å². The molecule has 0 fully saturated rings. The van der Waals surface area contributed by atoms with Gasteiger partial charge in [0.1, 0.15) is 5.75 Å². The van der Waals surface area contributed by atoms with Crippen molar-refractivity contribution >= 4 is 10.1 Å². The van der Waals surface area contributed by atoms with E-state index in [9.17, 15) is 21.6 Å². The molecule has 0 saturated carbocycles. The number of aromatic nitrogens is 3. The molecule has 0 aliphatic carbocycles. The van der Waals surface area contributed by atoms with Gasteiger partial charge in [-0.2, -0.15) is 21.6 Å². The number of pyridine rings is 3. The van der Waals surface area contributed by atoms with E-state index in [-0.39, 0.29) is 0 Å². The summed E-state index contributed by atoms with van der Waals surface area (Å²) in [6.07, 6.45) is 8.88. The predicted octanol–water partition coefficient (Wildman–Crippen LogP) is 13.7. The highest BCUT2D eigenvalue weighted by Gasteiger charge is 2.48. The van der Waals surface area contributed by atoms with Gasteiger partial charge in [0.05, 0.1) is 17.1 Å². The van der Waals surface area contributed by atoms with Crippen LogP contribution in [-0.2, 0) is 35.8 Å². The average molecular weight is 894 g/mol. The molecule has 0 bridgehead atoms. The lowest BCUT2D eigenvalue weighted by molar-refractivity contribution is -0.0500.